The summed E-state index contributed by atoms with van der Waals surface area (Å²) in [5, 5.41) is 0. The molecule has 0 unspecified atom stereocenters. The first-order chi connectivity index (χ1) is 11.7. The number of Topliss-reactive ketones (excluding diaryl/α,β-unsaturated/α-hetero) is 1. The summed E-state index contributed by atoms with van der Waals surface area (Å²) < 4.78 is 11.6. The van der Waals surface area contributed by atoms with Crippen LogP contribution in [0.3, 0.4) is 0 Å². The Labute approximate surface area is 142 Å². The zero-order valence-electron chi connectivity index (χ0n) is 13.9. The maximum absolute atomic E-state index is 11.8. The number of para-hydroxylation sites is 1. The lowest BCUT2D eigenvalue weighted by atomic mass is 9.72. The molecule has 2 aliphatic heterocycles. The van der Waals surface area contributed by atoms with E-state index in [1.165, 1.54) is 24.8 Å². The van der Waals surface area contributed by atoms with Gasteiger partial charge in [-0.25, -0.2) is 0 Å². The van der Waals surface area contributed by atoms with E-state index in [-0.39, 0.29) is 11.7 Å². The van der Waals surface area contributed by atoms with E-state index in [2.05, 4.69) is 11.6 Å². The summed E-state index contributed by atoms with van der Waals surface area (Å²) in [7, 11) is -0.494. The van der Waals surface area contributed by atoms with Gasteiger partial charge in [0, 0.05) is 0 Å². The Balaban J connectivity index is 1.58. The second-order valence-electron chi connectivity index (χ2n) is 6.71. The number of nitrogens with one attached hydrogen (secondary N) is 1. The summed E-state index contributed by atoms with van der Waals surface area (Å²) in [5.74, 6) is 1.33. The van der Waals surface area contributed by atoms with Gasteiger partial charge in [-0.2, -0.15) is 0 Å². The quantitative estimate of drug-likeness (QED) is 0.671. The molecular weight excluding hydrogens is 303 g/mol. The fraction of sp³-hybridized carbons (Fsp3) is 0.444. The number of hydrogen-bond acceptors (Lipinski definition) is 5. The first-order valence-corrected chi connectivity index (χ1v) is 8.69. The van der Waals surface area contributed by atoms with Crippen molar-refractivity contribution in [1.29, 1.82) is 0 Å². The minimum Gasteiger partial charge on any atom is -0.533 e. The Morgan fingerprint density at radius 1 is 1.33 bits per heavy atom. The smallest absolute Gasteiger partial charge is 0.533 e. The van der Waals surface area contributed by atoms with Crippen LogP contribution < -0.4 is 10.1 Å². The Kier molecular flexibility index (Phi) is 4.14. The van der Waals surface area contributed by atoms with E-state index in [1.807, 2.05) is 12.1 Å². The number of ketones is 1. The number of aliphatic imine (C=N–C) groups is 1. The molecule has 1 saturated carbocycles. The van der Waals surface area contributed by atoms with E-state index in [0.717, 1.165) is 30.7 Å². The largest absolute Gasteiger partial charge is 0.574 e. The molecule has 0 saturated heterocycles. The van der Waals surface area contributed by atoms with Crippen molar-refractivity contribution in [3.05, 3.63) is 41.0 Å². The van der Waals surface area contributed by atoms with Crippen molar-refractivity contribution >= 4 is 18.7 Å². The molecule has 0 aromatic heterocycles. The van der Waals surface area contributed by atoms with E-state index in [4.69, 9.17) is 14.4 Å². The SMILES string of the molecule is CC(=O)c1cccc2c1OB1ONC(C=C3CCCCC3)=N[C@H]1C2. The average molecular weight is 324 g/mol. The molecule has 0 bridgehead atoms. The molecule has 1 aromatic rings. The average Bonchev–Trinajstić information content (AvgIpc) is 2.60. The second-order valence-corrected chi connectivity index (χ2v) is 6.71. The number of carbonyl (C=O) groups is 1. The third-order valence-corrected chi connectivity index (χ3v) is 4.87. The number of allylic oxidation sites excluding steroid dienone is 1. The van der Waals surface area contributed by atoms with Crippen LogP contribution in [-0.2, 0) is 11.2 Å². The molecule has 4 rings (SSSR count). The number of fused-ring (bicyclic) bond motifs is 2. The van der Waals surface area contributed by atoms with Gasteiger partial charge in [0.25, 0.3) is 0 Å². The fourth-order valence-electron chi connectivity index (χ4n) is 3.62. The molecule has 5 nitrogen and oxygen atoms in total. The first kappa shape index (κ1) is 15.5. The van der Waals surface area contributed by atoms with E-state index in [0.29, 0.717) is 11.3 Å². The Morgan fingerprint density at radius 2 is 2.17 bits per heavy atom. The van der Waals surface area contributed by atoms with Crippen molar-refractivity contribution < 1.29 is 14.2 Å². The standard InChI is InChI=1S/C18H21BN2O3/c1-12(22)15-9-5-8-14-11-16-19(23-18(14)15)24-21-17(20-16)10-13-6-3-2-4-7-13/h5,8-10,16H,2-4,6-7,11H2,1H3,(H,20,21)/t16-/m0/s1. The molecule has 0 spiro atoms. The summed E-state index contributed by atoms with van der Waals surface area (Å²) in [6.07, 6.45) is 8.98. The maximum atomic E-state index is 11.8. The van der Waals surface area contributed by atoms with Gasteiger partial charge in [0.05, 0.1) is 5.56 Å². The number of benzene rings is 1. The van der Waals surface area contributed by atoms with Crippen LogP contribution in [0.25, 0.3) is 0 Å². The molecule has 3 aliphatic rings. The van der Waals surface area contributed by atoms with Crippen LogP contribution in [0.15, 0.2) is 34.8 Å². The van der Waals surface area contributed by atoms with Crippen LogP contribution in [0.2, 0.25) is 0 Å². The van der Waals surface area contributed by atoms with Crippen LogP contribution in [0.1, 0.15) is 54.9 Å². The van der Waals surface area contributed by atoms with Gasteiger partial charge in [-0.3, -0.25) is 20.0 Å². The Hall–Kier alpha value is -2.08. The molecule has 24 heavy (non-hydrogen) atoms. The molecule has 1 aromatic carbocycles. The van der Waals surface area contributed by atoms with Gasteiger partial charge in [-0.15, -0.1) is 0 Å². The van der Waals surface area contributed by atoms with Gasteiger partial charge < -0.3 is 4.65 Å². The highest BCUT2D eigenvalue weighted by molar-refractivity contribution is 6.49. The third-order valence-electron chi connectivity index (χ3n) is 4.87. The van der Waals surface area contributed by atoms with Crippen molar-refractivity contribution in [2.75, 3.05) is 0 Å². The number of amidine groups is 1. The summed E-state index contributed by atoms with van der Waals surface area (Å²) in [6.45, 7) is 1.55. The van der Waals surface area contributed by atoms with Gasteiger partial charge in [0.15, 0.2) is 5.78 Å². The lowest BCUT2D eigenvalue weighted by Crippen LogP contribution is -2.52. The molecule has 1 aliphatic carbocycles. The molecule has 1 fully saturated rings. The molecule has 124 valence electrons. The number of nitrogens with zero attached hydrogens (tertiary/aromatic N) is 1. The van der Waals surface area contributed by atoms with E-state index >= 15 is 0 Å². The van der Waals surface area contributed by atoms with E-state index in [9.17, 15) is 4.79 Å². The highest BCUT2D eigenvalue weighted by atomic mass is 16.7. The zero-order valence-corrected chi connectivity index (χ0v) is 13.9. The first-order valence-electron chi connectivity index (χ1n) is 8.69. The van der Waals surface area contributed by atoms with Crippen molar-refractivity contribution in [1.82, 2.24) is 5.48 Å². The number of carbonyl (C=O) groups excluding carboxylic acids is 1. The lowest BCUT2D eigenvalue weighted by Gasteiger charge is -2.32. The Morgan fingerprint density at radius 3 is 2.96 bits per heavy atom. The van der Waals surface area contributed by atoms with Crippen LogP contribution in [-0.4, -0.2) is 24.7 Å². The molecule has 6 heteroatoms. The van der Waals surface area contributed by atoms with Crippen LogP contribution in [0.5, 0.6) is 5.75 Å². The van der Waals surface area contributed by atoms with Crippen molar-refractivity contribution in [2.45, 2.75) is 51.4 Å². The second kappa shape index (κ2) is 6.44. The summed E-state index contributed by atoms with van der Waals surface area (Å²) in [5.41, 5.74) is 5.97. The minimum atomic E-state index is -0.494. The summed E-state index contributed by atoms with van der Waals surface area (Å²) in [4.78, 5) is 16.5. The molecule has 1 N–H and O–H groups in total. The maximum Gasteiger partial charge on any atom is 0.574 e. The van der Waals surface area contributed by atoms with Crippen molar-refractivity contribution in [2.24, 2.45) is 4.99 Å². The minimum absolute atomic E-state index is 0.000269. The van der Waals surface area contributed by atoms with Crippen LogP contribution in [0, 0.1) is 0 Å². The summed E-state index contributed by atoms with van der Waals surface area (Å²) in [6, 6.07) is 5.69. The van der Waals surface area contributed by atoms with Gasteiger partial charge >= 0.3 is 7.12 Å². The number of hydrogen-bond donors (Lipinski definition) is 1. The van der Waals surface area contributed by atoms with E-state index < -0.39 is 7.12 Å². The topological polar surface area (TPSA) is 59.9 Å². The van der Waals surface area contributed by atoms with Gasteiger partial charge in [-0.05, 0) is 56.7 Å². The molecule has 2 heterocycles. The van der Waals surface area contributed by atoms with Crippen LogP contribution in [0.4, 0.5) is 0 Å². The molecule has 1 atom stereocenters. The highest BCUT2D eigenvalue weighted by Gasteiger charge is 2.42. The lowest BCUT2D eigenvalue weighted by molar-refractivity contribution is 0.101. The monoisotopic (exact) mass is 324 g/mol. The molecular formula is C18H21BN2O3. The molecule has 0 amide bonds. The van der Waals surface area contributed by atoms with Crippen LogP contribution >= 0.6 is 0 Å². The normalized spacial score (nSPS) is 22.5. The predicted octanol–water partition coefficient (Wildman–Crippen LogP) is 3.04. The summed E-state index contributed by atoms with van der Waals surface area (Å²) >= 11 is 0. The molecule has 0 radical (unpaired) electrons. The van der Waals surface area contributed by atoms with Crippen molar-refractivity contribution in [3.8, 4) is 5.75 Å². The Bertz CT molecular complexity index is 721. The van der Waals surface area contributed by atoms with Gasteiger partial charge in [0.2, 0.25) is 0 Å². The van der Waals surface area contributed by atoms with Crippen molar-refractivity contribution in [3.63, 3.8) is 0 Å². The third kappa shape index (κ3) is 2.98. The highest BCUT2D eigenvalue weighted by Crippen LogP contribution is 2.33. The van der Waals surface area contributed by atoms with E-state index in [1.54, 1.807) is 13.0 Å². The van der Waals surface area contributed by atoms with Gasteiger partial charge in [0.1, 0.15) is 17.5 Å². The number of hydroxylamine groups is 1. The fourth-order valence-corrected chi connectivity index (χ4v) is 3.62. The zero-order chi connectivity index (χ0) is 16.5. The predicted molar refractivity (Wildman–Crippen MR) is 93.1 cm³/mol. The number of rotatable bonds is 2. The van der Waals surface area contributed by atoms with Gasteiger partial charge in [-0.1, -0.05) is 24.1 Å².